The molecule has 0 aliphatic heterocycles. The molecular formula is C17H38N2. The van der Waals surface area contributed by atoms with Gasteiger partial charge in [0, 0.05) is 12.6 Å². The predicted molar refractivity (Wildman–Crippen MR) is 87.7 cm³/mol. The van der Waals surface area contributed by atoms with Crippen LogP contribution in [0.1, 0.15) is 67.2 Å². The highest BCUT2D eigenvalue weighted by atomic mass is 15.2. The van der Waals surface area contributed by atoms with E-state index in [4.69, 9.17) is 0 Å². The van der Waals surface area contributed by atoms with Crippen molar-refractivity contribution in [1.82, 2.24) is 10.2 Å². The van der Waals surface area contributed by atoms with E-state index in [2.05, 4.69) is 51.8 Å². The summed E-state index contributed by atoms with van der Waals surface area (Å²) in [5.74, 6) is 1.62. The minimum atomic E-state index is 0.712. The van der Waals surface area contributed by atoms with Crippen LogP contribution in [-0.2, 0) is 0 Å². The minimum Gasteiger partial charge on any atom is -0.315 e. The fourth-order valence-corrected chi connectivity index (χ4v) is 2.30. The second-order valence-corrected chi connectivity index (χ2v) is 6.67. The highest BCUT2D eigenvalue weighted by Crippen LogP contribution is 2.11. The smallest absolute Gasteiger partial charge is 0.0218 e. The third-order valence-corrected chi connectivity index (χ3v) is 3.78. The van der Waals surface area contributed by atoms with Crippen molar-refractivity contribution in [3.63, 3.8) is 0 Å². The molecule has 0 heterocycles. The van der Waals surface area contributed by atoms with Crippen molar-refractivity contribution in [2.24, 2.45) is 11.8 Å². The fourth-order valence-electron chi connectivity index (χ4n) is 2.30. The molecule has 0 rings (SSSR count). The normalized spacial score (nSPS) is 13.7. The van der Waals surface area contributed by atoms with Gasteiger partial charge in [-0.15, -0.1) is 0 Å². The molecule has 0 radical (unpaired) electrons. The lowest BCUT2D eigenvalue weighted by Gasteiger charge is -2.32. The molecule has 0 aromatic carbocycles. The molecule has 1 unspecified atom stereocenters. The maximum Gasteiger partial charge on any atom is 0.0218 e. The maximum atomic E-state index is 3.60. The second-order valence-electron chi connectivity index (χ2n) is 6.67. The van der Waals surface area contributed by atoms with Crippen molar-refractivity contribution in [3.05, 3.63) is 0 Å². The lowest BCUT2D eigenvalue weighted by atomic mass is 10.1. The van der Waals surface area contributed by atoms with Gasteiger partial charge in [-0.25, -0.2) is 0 Å². The zero-order chi connectivity index (χ0) is 14.7. The zero-order valence-electron chi connectivity index (χ0n) is 14.3. The first-order chi connectivity index (χ1) is 9.01. The molecule has 0 saturated heterocycles. The van der Waals surface area contributed by atoms with Crippen LogP contribution in [0.5, 0.6) is 0 Å². The summed E-state index contributed by atoms with van der Waals surface area (Å²) in [4.78, 5) is 2.72. The van der Waals surface area contributed by atoms with Crippen molar-refractivity contribution in [2.75, 3.05) is 26.2 Å². The van der Waals surface area contributed by atoms with Gasteiger partial charge < -0.3 is 5.32 Å². The van der Waals surface area contributed by atoms with E-state index in [1.807, 2.05) is 0 Å². The maximum absolute atomic E-state index is 3.60. The summed E-state index contributed by atoms with van der Waals surface area (Å²) in [5, 5.41) is 3.60. The molecule has 0 aromatic rings. The first kappa shape index (κ1) is 18.9. The van der Waals surface area contributed by atoms with Crippen LogP contribution >= 0.6 is 0 Å². The number of nitrogens with one attached hydrogen (secondary N) is 1. The Balaban J connectivity index is 4.29. The lowest BCUT2D eigenvalue weighted by Crippen LogP contribution is -2.43. The van der Waals surface area contributed by atoms with Gasteiger partial charge in [-0.2, -0.15) is 0 Å². The molecular weight excluding hydrogens is 232 g/mol. The Bertz CT molecular complexity index is 178. The minimum absolute atomic E-state index is 0.712. The van der Waals surface area contributed by atoms with E-state index in [0.717, 1.165) is 24.9 Å². The van der Waals surface area contributed by atoms with Gasteiger partial charge in [0.2, 0.25) is 0 Å². The predicted octanol–water partition coefficient (Wildman–Crippen LogP) is 4.16. The number of rotatable bonds is 12. The van der Waals surface area contributed by atoms with Crippen molar-refractivity contribution in [1.29, 1.82) is 0 Å². The Labute approximate surface area is 122 Å². The van der Waals surface area contributed by atoms with Gasteiger partial charge in [0.1, 0.15) is 0 Å². The third kappa shape index (κ3) is 10.4. The van der Waals surface area contributed by atoms with Gasteiger partial charge in [0.25, 0.3) is 0 Å². The average molecular weight is 271 g/mol. The number of hydrogen-bond donors (Lipinski definition) is 1. The molecule has 0 amide bonds. The van der Waals surface area contributed by atoms with Crippen LogP contribution < -0.4 is 5.32 Å². The van der Waals surface area contributed by atoms with Crippen molar-refractivity contribution in [3.8, 4) is 0 Å². The molecule has 0 bridgehead atoms. The molecule has 2 heteroatoms. The molecule has 19 heavy (non-hydrogen) atoms. The molecule has 0 aliphatic carbocycles. The van der Waals surface area contributed by atoms with Gasteiger partial charge in [-0.05, 0) is 57.2 Å². The Morgan fingerprint density at radius 1 is 0.895 bits per heavy atom. The number of hydrogen-bond acceptors (Lipinski definition) is 2. The van der Waals surface area contributed by atoms with Crippen molar-refractivity contribution < 1.29 is 0 Å². The molecule has 1 N–H and O–H groups in total. The topological polar surface area (TPSA) is 15.3 Å². The molecule has 116 valence electrons. The molecule has 0 aromatic heterocycles. The van der Waals surface area contributed by atoms with Crippen LogP contribution in [0, 0.1) is 11.8 Å². The first-order valence-electron chi connectivity index (χ1n) is 8.45. The van der Waals surface area contributed by atoms with Gasteiger partial charge in [-0.3, -0.25) is 4.90 Å². The van der Waals surface area contributed by atoms with Gasteiger partial charge in [0.15, 0.2) is 0 Å². The van der Waals surface area contributed by atoms with Gasteiger partial charge in [0.05, 0.1) is 0 Å². The summed E-state index contributed by atoms with van der Waals surface area (Å²) in [5.41, 5.74) is 0. The van der Waals surface area contributed by atoms with Crippen molar-refractivity contribution in [2.45, 2.75) is 73.3 Å². The lowest BCUT2D eigenvalue weighted by molar-refractivity contribution is 0.168. The Morgan fingerprint density at radius 2 is 1.42 bits per heavy atom. The third-order valence-electron chi connectivity index (χ3n) is 3.78. The Hall–Kier alpha value is -0.0800. The van der Waals surface area contributed by atoms with Gasteiger partial charge in [-0.1, -0.05) is 41.5 Å². The van der Waals surface area contributed by atoms with E-state index in [-0.39, 0.29) is 0 Å². The van der Waals surface area contributed by atoms with Crippen LogP contribution in [0.3, 0.4) is 0 Å². The summed E-state index contributed by atoms with van der Waals surface area (Å²) in [6, 6.07) is 0.712. The fraction of sp³-hybridized carbons (Fsp3) is 1.00. The SMILES string of the molecule is CCCNCC(CC)N(CCC(C)C)CCC(C)C. The highest BCUT2D eigenvalue weighted by Gasteiger charge is 2.16. The zero-order valence-corrected chi connectivity index (χ0v) is 14.3. The van der Waals surface area contributed by atoms with Crippen LogP contribution in [0.15, 0.2) is 0 Å². The van der Waals surface area contributed by atoms with Crippen molar-refractivity contribution >= 4 is 0 Å². The first-order valence-corrected chi connectivity index (χ1v) is 8.45. The van der Waals surface area contributed by atoms with Crippen LogP contribution in [0.25, 0.3) is 0 Å². The Kier molecular flexibility index (Phi) is 11.7. The molecule has 0 spiro atoms. The van der Waals surface area contributed by atoms with Crippen LogP contribution in [0.4, 0.5) is 0 Å². The molecule has 0 fully saturated rings. The monoisotopic (exact) mass is 270 g/mol. The highest BCUT2D eigenvalue weighted by molar-refractivity contribution is 4.74. The Morgan fingerprint density at radius 3 is 1.79 bits per heavy atom. The average Bonchev–Trinajstić information content (AvgIpc) is 2.35. The summed E-state index contributed by atoms with van der Waals surface area (Å²) in [6.07, 6.45) is 5.13. The van der Waals surface area contributed by atoms with E-state index in [9.17, 15) is 0 Å². The summed E-state index contributed by atoms with van der Waals surface area (Å²) >= 11 is 0. The van der Waals surface area contributed by atoms with Gasteiger partial charge >= 0.3 is 0 Å². The van der Waals surface area contributed by atoms with E-state index < -0.39 is 0 Å². The summed E-state index contributed by atoms with van der Waals surface area (Å²) in [6.45, 7) is 18.7. The van der Waals surface area contributed by atoms with E-state index >= 15 is 0 Å². The largest absolute Gasteiger partial charge is 0.315 e. The van der Waals surface area contributed by atoms with E-state index in [1.165, 1.54) is 38.8 Å². The molecule has 0 aliphatic rings. The van der Waals surface area contributed by atoms with E-state index in [0.29, 0.717) is 6.04 Å². The molecule has 2 nitrogen and oxygen atoms in total. The quantitative estimate of drug-likeness (QED) is 0.536. The second kappa shape index (κ2) is 11.7. The van der Waals surface area contributed by atoms with E-state index in [1.54, 1.807) is 0 Å². The van der Waals surface area contributed by atoms with Crippen LogP contribution in [-0.4, -0.2) is 37.1 Å². The number of nitrogens with zero attached hydrogens (tertiary/aromatic N) is 1. The van der Waals surface area contributed by atoms with Crippen LogP contribution in [0.2, 0.25) is 0 Å². The standard InChI is InChI=1S/C17H38N2/c1-7-11-18-14-17(8-2)19(12-9-15(3)4)13-10-16(5)6/h15-18H,7-14H2,1-6H3. The molecule has 1 atom stereocenters. The molecule has 0 saturated carbocycles. The summed E-state index contributed by atoms with van der Waals surface area (Å²) in [7, 11) is 0. The summed E-state index contributed by atoms with van der Waals surface area (Å²) < 4.78 is 0.